The first-order chi connectivity index (χ1) is 27.8. The molecule has 0 spiro atoms. The van der Waals surface area contributed by atoms with Crippen LogP contribution in [0.25, 0.3) is 0 Å². The lowest BCUT2D eigenvalue weighted by Gasteiger charge is -2.41. The Kier molecular flexibility index (Phi) is 31.7. The molecule has 8 unspecified atom stereocenters. The van der Waals surface area contributed by atoms with Crippen LogP contribution in [0, 0.1) is 0 Å². The SMILES string of the molecule is CCCCCC/C=C/CC/C=C/CC/C=C/C(O)C(COP(=O)(O)OC1C(O)C(O)C(O)C(O)C1O)NC(=O)CC(O)CCCCC/C=C\CCCCCCCCC. The van der Waals surface area contributed by atoms with Gasteiger partial charge in [-0.05, 0) is 70.6 Å². The summed E-state index contributed by atoms with van der Waals surface area (Å²) in [4.78, 5) is 23.4. The van der Waals surface area contributed by atoms with Crippen molar-refractivity contribution in [2.75, 3.05) is 6.61 Å². The number of carbonyl (C=O) groups excluding carboxylic acids is 1. The number of allylic oxidation sites excluding steroid dienone is 7. The second kappa shape index (κ2) is 33.9. The van der Waals surface area contributed by atoms with Gasteiger partial charge in [-0.2, -0.15) is 0 Å². The van der Waals surface area contributed by atoms with Crippen molar-refractivity contribution in [1.82, 2.24) is 5.32 Å². The number of nitrogens with one attached hydrogen (secondary N) is 1. The van der Waals surface area contributed by atoms with Crippen LogP contribution in [0.5, 0.6) is 0 Å². The molecule has 1 saturated carbocycles. The Bertz CT molecular complexity index is 1180. The Morgan fingerprint density at radius 2 is 1.02 bits per heavy atom. The number of hydrogen-bond acceptors (Lipinski definition) is 11. The van der Waals surface area contributed by atoms with E-state index < -0.39 is 75.2 Å². The second-order valence-corrected chi connectivity index (χ2v) is 17.1. The molecule has 14 heteroatoms. The maximum atomic E-state index is 13.0. The summed E-state index contributed by atoms with van der Waals surface area (Å²) < 4.78 is 22.8. The third-order valence-corrected chi connectivity index (χ3v) is 11.3. The Labute approximate surface area is 349 Å². The molecule has 8 atom stereocenters. The van der Waals surface area contributed by atoms with Gasteiger partial charge in [-0.15, -0.1) is 0 Å². The summed E-state index contributed by atoms with van der Waals surface area (Å²) in [6.45, 7) is 3.67. The van der Waals surface area contributed by atoms with E-state index in [1.54, 1.807) is 6.08 Å². The molecular weight excluding hydrogens is 765 g/mol. The Morgan fingerprint density at radius 1 is 0.603 bits per heavy atom. The summed E-state index contributed by atoms with van der Waals surface area (Å²) in [6, 6.07) is -1.27. The van der Waals surface area contributed by atoms with Crippen molar-refractivity contribution in [2.45, 2.75) is 216 Å². The highest BCUT2D eigenvalue weighted by Gasteiger charge is 2.51. The number of phosphoric acid groups is 1. The predicted octanol–water partition coefficient (Wildman–Crippen LogP) is 6.75. The molecule has 0 radical (unpaired) electrons. The number of rotatable bonds is 35. The van der Waals surface area contributed by atoms with E-state index in [1.807, 2.05) is 6.08 Å². The molecule has 1 aliphatic carbocycles. The van der Waals surface area contributed by atoms with Gasteiger partial charge in [-0.3, -0.25) is 13.8 Å². The Morgan fingerprint density at radius 3 is 1.53 bits per heavy atom. The number of unbranched alkanes of at least 4 members (excludes halogenated alkanes) is 16. The minimum atomic E-state index is -5.15. The van der Waals surface area contributed by atoms with E-state index in [2.05, 4.69) is 49.5 Å². The van der Waals surface area contributed by atoms with Crippen molar-refractivity contribution in [1.29, 1.82) is 0 Å². The smallest absolute Gasteiger partial charge is 0.393 e. The highest BCUT2D eigenvalue weighted by atomic mass is 31.2. The third-order valence-electron chi connectivity index (χ3n) is 10.4. The average molecular weight is 846 g/mol. The van der Waals surface area contributed by atoms with Crippen molar-refractivity contribution in [3.8, 4) is 0 Å². The molecule has 0 aromatic carbocycles. The first-order valence-corrected chi connectivity index (χ1v) is 23.7. The first kappa shape index (κ1) is 54.3. The summed E-state index contributed by atoms with van der Waals surface area (Å²) in [5, 5.41) is 74.3. The summed E-state index contributed by atoms with van der Waals surface area (Å²) in [7, 11) is -5.15. The first-order valence-electron chi connectivity index (χ1n) is 22.2. The van der Waals surface area contributed by atoms with E-state index in [0.29, 0.717) is 19.3 Å². The van der Waals surface area contributed by atoms with Crippen molar-refractivity contribution < 1.29 is 59.0 Å². The maximum absolute atomic E-state index is 13.0. The standard InChI is InChI=1S/C44H80NO12P/c1-3-5-7-9-11-13-15-17-19-21-23-25-27-29-31-35(46)33-38(48)45-36(34-56-58(54,55)57-44-42(52)40(50)39(49)41(51)43(44)53)37(47)32-30-28-26-24-22-20-18-16-14-12-10-8-6-4-2/h14,16,19,21-22,24,30,32,35-37,39-44,46-47,49-53H,3-13,15,17-18,20,23,25-29,31,33-34H2,1-2H3,(H,45,48)(H,54,55)/b16-14+,21-19-,24-22+,32-30+. The van der Waals surface area contributed by atoms with Crippen LogP contribution in [-0.4, -0.2) is 108 Å². The molecule has 0 aromatic heterocycles. The van der Waals surface area contributed by atoms with E-state index in [1.165, 1.54) is 76.7 Å². The lowest BCUT2D eigenvalue weighted by Crippen LogP contribution is -2.64. The van der Waals surface area contributed by atoms with Crippen LogP contribution in [0.15, 0.2) is 48.6 Å². The Balaban J connectivity index is 2.64. The lowest BCUT2D eigenvalue weighted by atomic mass is 9.85. The van der Waals surface area contributed by atoms with Crippen molar-refractivity contribution in [2.24, 2.45) is 0 Å². The molecule has 58 heavy (non-hydrogen) atoms. The molecule has 0 saturated heterocycles. The minimum absolute atomic E-state index is 0.268. The molecule has 1 aliphatic rings. The number of hydrogen-bond donors (Lipinski definition) is 9. The number of aliphatic hydroxyl groups is 7. The largest absolute Gasteiger partial charge is 0.472 e. The van der Waals surface area contributed by atoms with Crippen LogP contribution in [-0.2, 0) is 18.4 Å². The van der Waals surface area contributed by atoms with Gasteiger partial charge in [0.05, 0.1) is 31.3 Å². The van der Waals surface area contributed by atoms with Gasteiger partial charge < -0.3 is 46.0 Å². The topological polar surface area (TPSA) is 226 Å². The van der Waals surface area contributed by atoms with Crippen LogP contribution in [0.2, 0.25) is 0 Å². The predicted molar refractivity (Wildman–Crippen MR) is 229 cm³/mol. The van der Waals surface area contributed by atoms with Crippen LogP contribution in [0.4, 0.5) is 0 Å². The quantitative estimate of drug-likeness (QED) is 0.0184. The van der Waals surface area contributed by atoms with E-state index in [-0.39, 0.29) is 6.42 Å². The number of carbonyl (C=O) groups is 1. The van der Waals surface area contributed by atoms with E-state index in [0.717, 1.165) is 51.4 Å². The molecule has 338 valence electrons. The molecule has 0 aliphatic heterocycles. The van der Waals surface area contributed by atoms with Crippen LogP contribution >= 0.6 is 7.82 Å². The summed E-state index contributed by atoms with van der Waals surface area (Å²) in [5.74, 6) is -0.619. The summed E-state index contributed by atoms with van der Waals surface area (Å²) in [6.07, 6.45) is 24.9. The van der Waals surface area contributed by atoms with Crippen molar-refractivity contribution in [3.63, 3.8) is 0 Å². The lowest BCUT2D eigenvalue weighted by molar-refractivity contribution is -0.220. The summed E-state index contributed by atoms with van der Waals surface area (Å²) in [5.41, 5.74) is 0. The van der Waals surface area contributed by atoms with Gasteiger partial charge >= 0.3 is 7.82 Å². The van der Waals surface area contributed by atoms with Gasteiger partial charge in [0, 0.05) is 0 Å². The van der Waals surface area contributed by atoms with Crippen molar-refractivity contribution >= 4 is 13.7 Å². The van der Waals surface area contributed by atoms with Gasteiger partial charge in [-0.1, -0.05) is 133 Å². The summed E-state index contributed by atoms with van der Waals surface area (Å²) >= 11 is 0. The van der Waals surface area contributed by atoms with Crippen molar-refractivity contribution in [3.05, 3.63) is 48.6 Å². The van der Waals surface area contributed by atoms with Gasteiger partial charge in [-0.25, -0.2) is 4.57 Å². The normalized spacial score (nSPS) is 24.2. The zero-order chi connectivity index (χ0) is 43.0. The van der Waals surface area contributed by atoms with E-state index in [9.17, 15) is 50.0 Å². The monoisotopic (exact) mass is 846 g/mol. The molecule has 1 amide bonds. The number of phosphoric ester groups is 1. The average Bonchev–Trinajstić information content (AvgIpc) is 3.19. The van der Waals surface area contributed by atoms with E-state index in [4.69, 9.17) is 9.05 Å². The van der Waals surface area contributed by atoms with Crippen LogP contribution in [0.1, 0.15) is 162 Å². The van der Waals surface area contributed by atoms with Gasteiger partial charge in [0.25, 0.3) is 0 Å². The maximum Gasteiger partial charge on any atom is 0.472 e. The third kappa shape index (κ3) is 25.8. The highest BCUT2D eigenvalue weighted by molar-refractivity contribution is 7.47. The molecule has 0 heterocycles. The minimum Gasteiger partial charge on any atom is -0.393 e. The second-order valence-electron chi connectivity index (χ2n) is 15.7. The fourth-order valence-corrected chi connectivity index (χ4v) is 7.64. The Hall–Kier alpha value is -1.74. The molecule has 0 bridgehead atoms. The zero-order valence-corrected chi connectivity index (χ0v) is 36.3. The fourth-order valence-electron chi connectivity index (χ4n) is 6.68. The van der Waals surface area contributed by atoms with Gasteiger partial charge in [0.1, 0.15) is 36.6 Å². The molecule has 13 nitrogen and oxygen atoms in total. The molecule has 1 rings (SSSR count). The van der Waals surface area contributed by atoms with Gasteiger partial charge in [0.2, 0.25) is 5.91 Å². The fraction of sp³-hybridized carbons (Fsp3) is 0.795. The van der Waals surface area contributed by atoms with Crippen LogP contribution in [0.3, 0.4) is 0 Å². The van der Waals surface area contributed by atoms with E-state index >= 15 is 0 Å². The molecular formula is C44H80NO12P. The molecule has 0 aromatic rings. The number of aliphatic hydroxyl groups excluding tert-OH is 7. The number of amides is 1. The van der Waals surface area contributed by atoms with Crippen LogP contribution < -0.4 is 5.32 Å². The zero-order valence-electron chi connectivity index (χ0n) is 35.4. The molecule has 1 fully saturated rings. The molecule has 9 N–H and O–H groups in total. The highest BCUT2D eigenvalue weighted by Crippen LogP contribution is 2.47. The van der Waals surface area contributed by atoms with Gasteiger partial charge in [0.15, 0.2) is 0 Å².